The van der Waals surface area contributed by atoms with Gasteiger partial charge in [-0.2, -0.15) is 0 Å². The minimum Gasteiger partial charge on any atom is -0.463 e. The van der Waals surface area contributed by atoms with Crippen LogP contribution in [0.25, 0.3) is 0 Å². The molecule has 0 saturated heterocycles. The lowest BCUT2D eigenvalue weighted by molar-refractivity contribution is -0.148. The van der Waals surface area contributed by atoms with Gasteiger partial charge in [0, 0.05) is 6.42 Å². The molecule has 0 aliphatic carbocycles. The monoisotopic (exact) mass is 342 g/mol. The van der Waals surface area contributed by atoms with Crippen molar-refractivity contribution in [3.63, 3.8) is 0 Å². The highest BCUT2D eigenvalue weighted by Crippen LogP contribution is 2.14. The van der Waals surface area contributed by atoms with Crippen LogP contribution in [0.2, 0.25) is 0 Å². The largest absolute Gasteiger partial charge is 0.463 e. The summed E-state index contributed by atoms with van der Waals surface area (Å²) in [5.41, 5.74) is 0. The highest BCUT2D eigenvalue weighted by molar-refractivity contribution is 5.69. The van der Waals surface area contributed by atoms with E-state index in [0.717, 1.165) is 12.8 Å². The molecule has 0 aliphatic rings. The van der Waals surface area contributed by atoms with Crippen molar-refractivity contribution in [3.05, 3.63) is 0 Å². The summed E-state index contributed by atoms with van der Waals surface area (Å²) in [7, 11) is 0. The summed E-state index contributed by atoms with van der Waals surface area (Å²) in [5.74, 6) is -0.196. The summed E-state index contributed by atoms with van der Waals surface area (Å²) in [4.78, 5) is 11.4. The van der Waals surface area contributed by atoms with Crippen molar-refractivity contribution in [2.75, 3.05) is 0 Å². The second-order valence-electron chi connectivity index (χ2n) is 7.41. The van der Waals surface area contributed by atoms with Gasteiger partial charge in [0.1, 0.15) is 0 Å². The van der Waals surface area contributed by atoms with Crippen molar-refractivity contribution in [2.45, 2.75) is 129 Å². The summed E-state index contributed by atoms with van der Waals surface area (Å²) in [5, 5.41) is 9.89. The number of esters is 1. The fourth-order valence-corrected chi connectivity index (χ4v) is 2.97. The molecule has 3 heteroatoms. The summed E-state index contributed by atoms with van der Waals surface area (Å²) in [6.07, 6.45) is 17.2. The Morgan fingerprint density at radius 3 is 1.71 bits per heavy atom. The highest BCUT2D eigenvalue weighted by atomic mass is 16.5. The number of hydrogen-bond donors (Lipinski definition) is 1. The summed E-state index contributed by atoms with van der Waals surface area (Å²) >= 11 is 0. The molecule has 0 bridgehead atoms. The van der Waals surface area contributed by atoms with Crippen molar-refractivity contribution in [3.8, 4) is 0 Å². The number of aliphatic hydroxyl groups is 1. The Labute approximate surface area is 150 Å². The van der Waals surface area contributed by atoms with Gasteiger partial charge in [0.2, 0.25) is 0 Å². The predicted octanol–water partition coefficient (Wildman–Crippen LogP) is 6.17. The number of rotatable bonds is 17. The zero-order valence-electron chi connectivity index (χ0n) is 16.5. The normalized spacial score (nSPS) is 12.5. The van der Waals surface area contributed by atoms with Crippen LogP contribution in [0.5, 0.6) is 0 Å². The number of carbonyl (C=O) groups excluding carboxylic acids is 1. The lowest BCUT2D eigenvalue weighted by atomic mass is 10.0. The molecular formula is C21H42O3. The van der Waals surface area contributed by atoms with Crippen molar-refractivity contribution in [1.82, 2.24) is 0 Å². The standard InChI is InChI=1S/C21H42O3/c1-4-5-6-7-8-9-10-11-12-13-14-15-16-20(22)17-18-21(23)24-19(2)3/h19-20,22H,4-18H2,1-3H3. The second-order valence-corrected chi connectivity index (χ2v) is 7.41. The lowest BCUT2D eigenvalue weighted by Gasteiger charge is -2.11. The molecule has 1 atom stereocenters. The van der Waals surface area contributed by atoms with Crippen LogP contribution in [0.4, 0.5) is 0 Å². The van der Waals surface area contributed by atoms with Gasteiger partial charge in [-0.05, 0) is 26.7 Å². The van der Waals surface area contributed by atoms with Gasteiger partial charge in [0.15, 0.2) is 0 Å². The second kappa shape index (κ2) is 17.3. The third-order valence-electron chi connectivity index (χ3n) is 4.44. The maximum atomic E-state index is 11.4. The Balaban J connectivity index is 3.24. The van der Waals surface area contributed by atoms with E-state index in [2.05, 4.69) is 6.92 Å². The van der Waals surface area contributed by atoms with Crippen LogP contribution < -0.4 is 0 Å². The third kappa shape index (κ3) is 17.8. The Morgan fingerprint density at radius 2 is 1.25 bits per heavy atom. The fourth-order valence-electron chi connectivity index (χ4n) is 2.97. The molecule has 3 nitrogen and oxygen atoms in total. The zero-order valence-corrected chi connectivity index (χ0v) is 16.5. The molecule has 0 aromatic heterocycles. The number of unbranched alkanes of at least 4 members (excludes halogenated alkanes) is 11. The van der Waals surface area contributed by atoms with Gasteiger partial charge >= 0.3 is 5.97 Å². The molecule has 0 aliphatic heterocycles. The van der Waals surface area contributed by atoms with Gasteiger partial charge in [-0.15, -0.1) is 0 Å². The van der Waals surface area contributed by atoms with E-state index < -0.39 is 0 Å². The highest BCUT2D eigenvalue weighted by Gasteiger charge is 2.10. The maximum absolute atomic E-state index is 11.4. The molecule has 0 rings (SSSR count). The third-order valence-corrected chi connectivity index (χ3v) is 4.44. The Bertz CT molecular complexity index is 276. The summed E-state index contributed by atoms with van der Waals surface area (Å²) < 4.78 is 5.07. The minimum atomic E-state index is -0.354. The number of ether oxygens (including phenoxy) is 1. The van der Waals surface area contributed by atoms with Crippen molar-refractivity contribution >= 4 is 5.97 Å². The molecule has 0 heterocycles. The van der Waals surface area contributed by atoms with Gasteiger partial charge in [-0.25, -0.2) is 0 Å². The molecule has 24 heavy (non-hydrogen) atoms. The molecule has 1 unspecified atom stereocenters. The molecule has 1 N–H and O–H groups in total. The van der Waals surface area contributed by atoms with Crippen LogP contribution in [0.15, 0.2) is 0 Å². The fraction of sp³-hybridized carbons (Fsp3) is 0.952. The Kier molecular flexibility index (Phi) is 16.8. The first-order valence-electron chi connectivity index (χ1n) is 10.4. The van der Waals surface area contributed by atoms with Crippen LogP contribution in [-0.2, 0) is 9.53 Å². The number of hydrogen-bond acceptors (Lipinski definition) is 3. The van der Waals surface area contributed by atoms with Crippen LogP contribution in [0.1, 0.15) is 117 Å². The van der Waals surface area contributed by atoms with Crippen molar-refractivity contribution in [1.29, 1.82) is 0 Å². The van der Waals surface area contributed by atoms with Crippen molar-refractivity contribution in [2.24, 2.45) is 0 Å². The van der Waals surface area contributed by atoms with E-state index in [1.54, 1.807) is 0 Å². The summed E-state index contributed by atoms with van der Waals surface area (Å²) in [6.45, 7) is 5.96. The molecule has 0 aromatic carbocycles. The molecule has 0 radical (unpaired) electrons. The molecule has 0 saturated carbocycles. The summed E-state index contributed by atoms with van der Waals surface area (Å²) in [6, 6.07) is 0. The molecule has 0 aromatic rings. The van der Waals surface area contributed by atoms with E-state index in [4.69, 9.17) is 4.74 Å². The Morgan fingerprint density at radius 1 is 0.792 bits per heavy atom. The van der Waals surface area contributed by atoms with Gasteiger partial charge in [-0.3, -0.25) is 4.79 Å². The molecule has 144 valence electrons. The van der Waals surface area contributed by atoms with Crippen LogP contribution in [-0.4, -0.2) is 23.3 Å². The molecular weight excluding hydrogens is 300 g/mol. The van der Waals surface area contributed by atoms with E-state index in [9.17, 15) is 9.90 Å². The first-order valence-corrected chi connectivity index (χ1v) is 10.4. The van der Waals surface area contributed by atoms with E-state index in [1.807, 2.05) is 13.8 Å². The average Bonchev–Trinajstić information content (AvgIpc) is 2.53. The number of carbonyl (C=O) groups is 1. The van der Waals surface area contributed by atoms with Gasteiger partial charge in [-0.1, -0.05) is 84.0 Å². The first-order chi connectivity index (χ1) is 11.6. The van der Waals surface area contributed by atoms with Crippen LogP contribution in [0.3, 0.4) is 0 Å². The van der Waals surface area contributed by atoms with Crippen LogP contribution in [0, 0.1) is 0 Å². The quantitative estimate of drug-likeness (QED) is 0.254. The van der Waals surface area contributed by atoms with Gasteiger partial charge in [0.05, 0.1) is 12.2 Å². The maximum Gasteiger partial charge on any atom is 0.306 e. The minimum absolute atomic E-state index is 0.0639. The van der Waals surface area contributed by atoms with E-state index >= 15 is 0 Å². The lowest BCUT2D eigenvalue weighted by Crippen LogP contribution is -2.15. The molecule has 0 amide bonds. The number of aliphatic hydroxyl groups excluding tert-OH is 1. The topological polar surface area (TPSA) is 46.5 Å². The molecule has 0 fully saturated rings. The smallest absolute Gasteiger partial charge is 0.306 e. The van der Waals surface area contributed by atoms with Gasteiger partial charge < -0.3 is 9.84 Å². The van der Waals surface area contributed by atoms with E-state index in [1.165, 1.54) is 70.6 Å². The van der Waals surface area contributed by atoms with Gasteiger partial charge in [0.25, 0.3) is 0 Å². The van der Waals surface area contributed by atoms with Crippen molar-refractivity contribution < 1.29 is 14.6 Å². The van der Waals surface area contributed by atoms with Crippen LogP contribution >= 0.6 is 0 Å². The Hall–Kier alpha value is -0.570. The predicted molar refractivity (Wildman–Crippen MR) is 102 cm³/mol. The SMILES string of the molecule is CCCCCCCCCCCCCCC(O)CCC(=O)OC(C)C. The van der Waals surface area contributed by atoms with E-state index in [0.29, 0.717) is 12.8 Å². The average molecular weight is 343 g/mol. The molecule has 0 spiro atoms. The van der Waals surface area contributed by atoms with E-state index in [-0.39, 0.29) is 18.2 Å². The zero-order chi connectivity index (χ0) is 18.0. The first kappa shape index (κ1) is 23.4.